The molecule has 1 unspecified atom stereocenters. The second kappa shape index (κ2) is 6.91. The maximum Gasteiger partial charge on any atom is 0.167 e. The molecule has 124 valence electrons. The molecule has 1 aromatic heterocycles. The molecule has 3 rings (SSSR count). The van der Waals surface area contributed by atoms with Crippen molar-refractivity contribution in [1.29, 1.82) is 0 Å². The Labute approximate surface area is 137 Å². The van der Waals surface area contributed by atoms with Crippen molar-refractivity contribution < 1.29 is 9.53 Å². The van der Waals surface area contributed by atoms with Crippen LogP contribution in [0.5, 0.6) is 0 Å². The molecular weight excluding hydrogens is 290 g/mol. The molecule has 1 atom stereocenters. The van der Waals surface area contributed by atoms with Crippen molar-refractivity contribution in [1.82, 2.24) is 15.2 Å². The van der Waals surface area contributed by atoms with Gasteiger partial charge in [0.2, 0.25) is 0 Å². The summed E-state index contributed by atoms with van der Waals surface area (Å²) in [5, 5.41) is 3.56. The summed E-state index contributed by atoms with van der Waals surface area (Å²) in [6, 6.07) is 5.90. The zero-order chi connectivity index (χ0) is 16.3. The van der Waals surface area contributed by atoms with Gasteiger partial charge in [-0.2, -0.15) is 0 Å². The molecule has 0 aromatic carbocycles. The van der Waals surface area contributed by atoms with E-state index in [4.69, 9.17) is 4.74 Å². The number of piperidine rings is 1. The van der Waals surface area contributed by atoms with Crippen LogP contribution in [-0.2, 0) is 9.53 Å². The fraction of sp³-hybridized carbons (Fsp3) is 0.556. The number of rotatable bonds is 3. The maximum atomic E-state index is 12.9. The first-order valence-electron chi connectivity index (χ1n) is 8.27. The Kier molecular flexibility index (Phi) is 4.90. The summed E-state index contributed by atoms with van der Waals surface area (Å²) >= 11 is 0. The van der Waals surface area contributed by atoms with E-state index in [9.17, 15) is 4.79 Å². The molecular formula is C18H25N3O2. The predicted octanol–water partition coefficient (Wildman–Crippen LogP) is 1.36. The lowest BCUT2D eigenvalue weighted by Gasteiger charge is -2.42. The van der Waals surface area contributed by atoms with Gasteiger partial charge in [0, 0.05) is 49.4 Å². The van der Waals surface area contributed by atoms with Gasteiger partial charge < -0.3 is 10.1 Å². The number of nitrogens with one attached hydrogen (secondary N) is 1. The number of Topliss-reactive ketones (excluding diaryl/α,β-unsaturated/α-hetero) is 1. The Morgan fingerprint density at radius 3 is 2.87 bits per heavy atom. The molecule has 1 aromatic rings. The summed E-state index contributed by atoms with van der Waals surface area (Å²) in [4.78, 5) is 19.6. The largest absolute Gasteiger partial charge is 0.379 e. The second-order valence-electron chi connectivity index (χ2n) is 6.82. The van der Waals surface area contributed by atoms with Crippen molar-refractivity contribution in [3.05, 3.63) is 35.7 Å². The minimum atomic E-state index is -0.419. The number of aromatic nitrogens is 1. The van der Waals surface area contributed by atoms with E-state index in [2.05, 4.69) is 15.2 Å². The lowest BCUT2D eigenvalue weighted by molar-refractivity contribution is -0.126. The van der Waals surface area contributed by atoms with Gasteiger partial charge in [0.05, 0.1) is 18.9 Å². The van der Waals surface area contributed by atoms with E-state index in [1.54, 1.807) is 6.20 Å². The van der Waals surface area contributed by atoms with Crippen molar-refractivity contribution in [2.24, 2.45) is 5.41 Å². The molecule has 0 amide bonds. The van der Waals surface area contributed by atoms with Gasteiger partial charge in [-0.15, -0.1) is 0 Å². The first-order valence-corrected chi connectivity index (χ1v) is 8.27. The molecule has 0 spiro atoms. The number of hydrogen-bond donors (Lipinski definition) is 1. The van der Waals surface area contributed by atoms with Gasteiger partial charge >= 0.3 is 0 Å². The Morgan fingerprint density at radius 1 is 1.39 bits per heavy atom. The third-order valence-corrected chi connectivity index (χ3v) is 4.84. The molecule has 2 saturated heterocycles. The SMILES string of the molecule is CC1(C)C(=O)C(=Cc2ccccn2)CNC1CN1CCOCC1. The predicted molar refractivity (Wildman–Crippen MR) is 90.1 cm³/mol. The summed E-state index contributed by atoms with van der Waals surface area (Å²) in [5.41, 5.74) is 1.23. The molecule has 0 bridgehead atoms. The molecule has 0 radical (unpaired) electrons. The first-order chi connectivity index (χ1) is 11.1. The Bertz CT molecular complexity index is 577. The van der Waals surface area contributed by atoms with E-state index in [-0.39, 0.29) is 11.8 Å². The number of morpholine rings is 1. The number of hydrogen-bond acceptors (Lipinski definition) is 5. The van der Waals surface area contributed by atoms with E-state index in [1.165, 1.54) is 0 Å². The average Bonchev–Trinajstić information content (AvgIpc) is 2.57. The van der Waals surface area contributed by atoms with Gasteiger partial charge in [-0.1, -0.05) is 19.9 Å². The van der Waals surface area contributed by atoms with Crippen molar-refractivity contribution in [2.75, 3.05) is 39.4 Å². The van der Waals surface area contributed by atoms with Crippen LogP contribution in [0.25, 0.3) is 6.08 Å². The van der Waals surface area contributed by atoms with Gasteiger partial charge in [-0.05, 0) is 18.2 Å². The average molecular weight is 315 g/mol. The molecule has 23 heavy (non-hydrogen) atoms. The summed E-state index contributed by atoms with van der Waals surface area (Å²) in [7, 11) is 0. The molecule has 1 N–H and O–H groups in total. The number of ketones is 1. The number of ether oxygens (including phenoxy) is 1. The third-order valence-electron chi connectivity index (χ3n) is 4.84. The topological polar surface area (TPSA) is 54.5 Å². The van der Waals surface area contributed by atoms with Crippen LogP contribution in [0, 0.1) is 5.41 Å². The number of nitrogens with zero attached hydrogens (tertiary/aromatic N) is 2. The third kappa shape index (κ3) is 3.68. The molecule has 5 nitrogen and oxygen atoms in total. The van der Waals surface area contributed by atoms with Crippen molar-refractivity contribution in [3.63, 3.8) is 0 Å². The standard InChI is InChI=1S/C18H25N3O2/c1-18(2)16(13-21-7-9-23-10-8-21)20-12-14(17(18)22)11-15-5-3-4-6-19-15/h3-6,11,16,20H,7-10,12-13H2,1-2H3. The maximum absolute atomic E-state index is 12.9. The van der Waals surface area contributed by atoms with Crippen molar-refractivity contribution in [3.8, 4) is 0 Å². The van der Waals surface area contributed by atoms with E-state index in [0.717, 1.165) is 44.1 Å². The van der Waals surface area contributed by atoms with E-state index in [0.29, 0.717) is 6.54 Å². The van der Waals surface area contributed by atoms with E-state index in [1.807, 2.05) is 38.1 Å². The number of pyridine rings is 1. The fourth-order valence-corrected chi connectivity index (χ4v) is 3.23. The van der Waals surface area contributed by atoms with Crippen LogP contribution in [0.3, 0.4) is 0 Å². The van der Waals surface area contributed by atoms with Gasteiger partial charge in [0.1, 0.15) is 0 Å². The number of carbonyl (C=O) groups excluding carboxylic acids is 1. The molecule has 0 aliphatic carbocycles. The van der Waals surface area contributed by atoms with Crippen molar-refractivity contribution in [2.45, 2.75) is 19.9 Å². The van der Waals surface area contributed by atoms with Crippen LogP contribution >= 0.6 is 0 Å². The highest BCUT2D eigenvalue weighted by Gasteiger charge is 2.42. The first kappa shape index (κ1) is 16.3. The van der Waals surface area contributed by atoms with Crippen LogP contribution in [-0.4, -0.2) is 61.1 Å². The number of carbonyl (C=O) groups is 1. The van der Waals surface area contributed by atoms with Crippen molar-refractivity contribution >= 4 is 11.9 Å². The minimum absolute atomic E-state index is 0.161. The fourth-order valence-electron chi connectivity index (χ4n) is 3.23. The Hall–Kier alpha value is -1.56. The summed E-state index contributed by atoms with van der Waals surface area (Å²) in [6.07, 6.45) is 3.65. The van der Waals surface area contributed by atoms with Gasteiger partial charge in [-0.25, -0.2) is 0 Å². The lowest BCUT2D eigenvalue weighted by Crippen LogP contribution is -2.58. The summed E-state index contributed by atoms with van der Waals surface area (Å²) < 4.78 is 5.40. The quantitative estimate of drug-likeness (QED) is 0.854. The highest BCUT2D eigenvalue weighted by atomic mass is 16.5. The molecule has 0 saturated carbocycles. The van der Waals surface area contributed by atoms with Crippen LogP contribution in [0.4, 0.5) is 0 Å². The molecule has 2 aliphatic rings. The molecule has 5 heteroatoms. The van der Waals surface area contributed by atoms with Crippen LogP contribution in [0.15, 0.2) is 30.0 Å². The van der Waals surface area contributed by atoms with Gasteiger partial charge in [0.25, 0.3) is 0 Å². The zero-order valence-corrected chi connectivity index (χ0v) is 13.9. The Morgan fingerprint density at radius 2 is 2.17 bits per heavy atom. The van der Waals surface area contributed by atoms with Crippen LogP contribution in [0.2, 0.25) is 0 Å². The van der Waals surface area contributed by atoms with E-state index >= 15 is 0 Å². The highest BCUT2D eigenvalue weighted by molar-refractivity contribution is 6.04. The monoisotopic (exact) mass is 315 g/mol. The molecule has 2 fully saturated rings. The van der Waals surface area contributed by atoms with Crippen LogP contribution < -0.4 is 5.32 Å². The highest BCUT2D eigenvalue weighted by Crippen LogP contribution is 2.31. The smallest absolute Gasteiger partial charge is 0.167 e. The lowest BCUT2D eigenvalue weighted by atomic mass is 9.74. The second-order valence-corrected chi connectivity index (χ2v) is 6.82. The van der Waals surface area contributed by atoms with Gasteiger partial charge in [0.15, 0.2) is 5.78 Å². The van der Waals surface area contributed by atoms with Crippen LogP contribution in [0.1, 0.15) is 19.5 Å². The Balaban J connectivity index is 1.72. The normalized spacial score (nSPS) is 27.3. The zero-order valence-electron chi connectivity index (χ0n) is 13.9. The van der Waals surface area contributed by atoms with E-state index < -0.39 is 5.41 Å². The molecule has 3 heterocycles. The summed E-state index contributed by atoms with van der Waals surface area (Å²) in [5.74, 6) is 0.222. The minimum Gasteiger partial charge on any atom is -0.379 e. The molecule has 2 aliphatic heterocycles. The van der Waals surface area contributed by atoms with Gasteiger partial charge in [-0.3, -0.25) is 14.7 Å². The summed E-state index contributed by atoms with van der Waals surface area (Å²) in [6.45, 7) is 9.03.